The number of aromatic nitrogens is 3. The average Bonchev–Trinajstić information content (AvgIpc) is 3.34. The van der Waals surface area contributed by atoms with Gasteiger partial charge in [-0.05, 0) is 34.9 Å². The van der Waals surface area contributed by atoms with Crippen molar-refractivity contribution in [3.63, 3.8) is 0 Å². The molecule has 0 saturated carbocycles. The summed E-state index contributed by atoms with van der Waals surface area (Å²) in [5, 5.41) is 19.1. The third-order valence-corrected chi connectivity index (χ3v) is 3.88. The number of furan rings is 1. The predicted octanol–water partition coefficient (Wildman–Crippen LogP) is 4.02. The number of rotatable bonds is 5. The maximum absolute atomic E-state index is 9.16. The average molecular weight is 333 g/mol. The quantitative estimate of drug-likeness (QED) is 0.576. The molecule has 0 saturated heterocycles. The minimum atomic E-state index is -0.229. The molecular weight excluding hydrogens is 318 g/mol. The molecule has 0 atom stereocenters. The summed E-state index contributed by atoms with van der Waals surface area (Å²) < 4.78 is 10.8. The fourth-order valence-corrected chi connectivity index (χ4v) is 2.54. The number of hydrogen-bond donors (Lipinski definition) is 2. The summed E-state index contributed by atoms with van der Waals surface area (Å²) in [6, 6.07) is 17.9. The fraction of sp³-hybridized carbons (Fsp3) is 0.0526. The van der Waals surface area contributed by atoms with E-state index in [1.807, 2.05) is 30.3 Å². The zero-order valence-corrected chi connectivity index (χ0v) is 13.2. The second-order valence-electron chi connectivity index (χ2n) is 5.46. The summed E-state index contributed by atoms with van der Waals surface area (Å²) >= 11 is 0. The molecule has 2 aromatic carbocycles. The Bertz CT molecular complexity index is 943. The molecule has 0 aliphatic carbocycles. The highest BCUT2D eigenvalue weighted by molar-refractivity contribution is 5.70. The molecule has 0 radical (unpaired) electrons. The Morgan fingerprint density at radius 3 is 2.12 bits per heavy atom. The van der Waals surface area contributed by atoms with Crippen LogP contribution < -0.4 is 4.74 Å². The fourth-order valence-electron chi connectivity index (χ4n) is 2.54. The van der Waals surface area contributed by atoms with Crippen molar-refractivity contribution >= 4 is 0 Å². The molecule has 0 spiro atoms. The van der Waals surface area contributed by atoms with Gasteiger partial charge in [0.2, 0.25) is 5.88 Å². The Kier molecular flexibility index (Phi) is 4.02. The van der Waals surface area contributed by atoms with E-state index in [2.05, 4.69) is 39.7 Å². The van der Waals surface area contributed by atoms with Crippen LogP contribution in [0.5, 0.6) is 11.6 Å². The van der Waals surface area contributed by atoms with Crippen molar-refractivity contribution in [2.45, 2.75) is 6.61 Å². The predicted molar refractivity (Wildman–Crippen MR) is 92.0 cm³/mol. The van der Waals surface area contributed by atoms with Crippen LogP contribution in [0.3, 0.4) is 0 Å². The van der Waals surface area contributed by atoms with Gasteiger partial charge >= 0.3 is 0 Å². The van der Waals surface area contributed by atoms with Crippen LogP contribution in [0.15, 0.2) is 71.5 Å². The van der Waals surface area contributed by atoms with Gasteiger partial charge in [-0.15, -0.1) is 5.10 Å². The monoisotopic (exact) mass is 333 g/mol. The lowest BCUT2D eigenvalue weighted by Gasteiger charge is -2.06. The molecule has 0 unspecified atom stereocenters. The lowest BCUT2D eigenvalue weighted by molar-refractivity contribution is 0.271. The van der Waals surface area contributed by atoms with E-state index in [0.29, 0.717) is 17.3 Å². The number of nitrogens with zero attached hydrogens (tertiary/aromatic N) is 2. The number of nitrogens with one attached hydrogen (secondary N) is 1. The summed E-state index contributed by atoms with van der Waals surface area (Å²) in [7, 11) is 0. The Labute approximate surface area is 143 Å². The van der Waals surface area contributed by atoms with Gasteiger partial charge in [-0.25, -0.2) is 5.10 Å². The lowest BCUT2D eigenvalue weighted by Crippen LogP contribution is -1.90. The van der Waals surface area contributed by atoms with E-state index >= 15 is 0 Å². The van der Waals surface area contributed by atoms with Gasteiger partial charge in [0, 0.05) is 5.56 Å². The van der Waals surface area contributed by atoms with Crippen molar-refractivity contribution in [2.75, 3.05) is 0 Å². The first-order valence-corrected chi connectivity index (χ1v) is 7.75. The molecule has 2 heterocycles. The number of aliphatic hydroxyl groups excluding tert-OH is 1. The van der Waals surface area contributed by atoms with Crippen molar-refractivity contribution < 1.29 is 14.3 Å². The van der Waals surface area contributed by atoms with Crippen LogP contribution in [0.2, 0.25) is 0 Å². The number of aromatic amines is 1. The number of ether oxygens (including phenoxy) is 1. The summed E-state index contributed by atoms with van der Waals surface area (Å²) in [4.78, 5) is 0. The van der Waals surface area contributed by atoms with Crippen LogP contribution in [0.25, 0.3) is 22.3 Å². The lowest BCUT2D eigenvalue weighted by atomic mass is 10.0. The molecule has 0 bridgehead atoms. The summed E-state index contributed by atoms with van der Waals surface area (Å²) in [5.74, 6) is 0.985. The molecule has 0 aliphatic heterocycles. The molecule has 6 heteroatoms. The standard InChI is InChI=1S/C19H15N3O3/c23-11-18-19(21-22-20-18)25-17-7-5-14(6-8-17)13-1-3-15(4-2-13)16-9-10-24-12-16/h1-10,12,23H,11H2,(H,20,21,22). The van der Waals surface area contributed by atoms with Crippen molar-refractivity contribution in [3.05, 3.63) is 72.8 Å². The SMILES string of the molecule is OCc1nn[nH]c1Oc1ccc(-c2ccc(-c3ccoc3)cc2)cc1. The van der Waals surface area contributed by atoms with Gasteiger partial charge in [0.15, 0.2) is 5.69 Å². The topological polar surface area (TPSA) is 84.2 Å². The van der Waals surface area contributed by atoms with Crippen LogP contribution in [-0.4, -0.2) is 20.5 Å². The van der Waals surface area contributed by atoms with E-state index in [1.165, 1.54) is 0 Å². The van der Waals surface area contributed by atoms with Crippen LogP contribution >= 0.6 is 0 Å². The maximum Gasteiger partial charge on any atom is 0.241 e. The summed E-state index contributed by atoms with van der Waals surface area (Å²) in [5.41, 5.74) is 4.73. The molecule has 4 aromatic rings. The largest absolute Gasteiger partial charge is 0.472 e. The highest BCUT2D eigenvalue weighted by atomic mass is 16.5. The van der Waals surface area contributed by atoms with Gasteiger partial charge in [0.1, 0.15) is 5.75 Å². The molecule has 6 nitrogen and oxygen atoms in total. The molecule has 4 rings (SSSR count). The molecular formula is C19H15N3O3. The van der Waals surface area contributed by atoms with E-state index in [-0.39, 0.29) is 6.61 Å². The van der Waals surface area contributed by atoms with Gasteiger partial charge in [-0.1, -0.05) is 41.6 Å². The Morgan fingerprint density at radius 2 is 1.52 bits per heavy atom. The number of aliphatic hydroxyl groups is 1. The van der Waals surface area contributed by atoms with Crippen LogP contribution in [0.1, 0.15) is 5.69 Å². The van der Waals surface area contributed by atoms with Crippen molar-refractivity contribution in [1.82, 2.24) is 15.4 Å². The van der Waals surface area contributed by atoms with Gasteiger partial charge in [-0.2, -0.15) is 0 Å². The summed E-state index contributed by atoms with van der Waals surface area (Å²) in [6.07, 6.45) is 3.39. The van der Waals surface area contributed by atoms with Gasteiger partial charge in [0.25, 0.3) is 0 Å². The zero-order valence-electron chi connectivity index (χ0n) is 13.2. The molecule has 0 fully saturated rings. The highest BCUT2D eigenvalue weighted by Crippen LogP contribution is 2.28. The summed E-state index contributed by atoms with van der Waals surface area (Å²) in [6.45, 7) is -0.229. The Hall–Kier alpha value is -3.38. The molecule has 124 valence electrons. The van der Waals surface area contributed by atoms with E-state index in [9.17, 15) is 0 Å². The number of benzene rings is 2. The van der Waals surface area contributed by atoms with E-state index in [1.54, 1.807) is 12.5 Å². The van der Waals surface area contributed by atoms with Gasteiger partial charge in [0.05, 0.1) is 19.1 Å². The Morgan fingerprint density at radius 1 is 0.880 bits per heavy atom. The van der Waals surface area contributed by atoms with Gasteiger partial charge in [-0.3, -0.25) is 0 Å². The number of hydrogen-bond acceptors (Lipinski definition) is 5. The zero-order chi connectivity index (χ0) is 17.1. The normalized spacial score (nSPS) is 10.8. The van der Waals surface area contributed by atoms with E-state index in [4.69, 9.17) is 14.3 Å². The second-order valence-corrected chi connectivity index (χ2v) is 5.46. The smallest absolute Gasteiger partial charge is 0.241 e. The third-order valence-electron chi connectivity index (χ3n) is 3.88. The third kappa shape index (κ3) is 3.15. The molecule has 0 amide bonds. The molecule has 25 heavy (non-hydrogen) atoms. The first-order chi connectivity index (χ1) is 12.3. The first-order valence-electron chi connectivity index (χ1n) is 7.75. The molecule has 2 aromatic heterocycles. The maximum atomic E-state index is 9.16. The molecule has 2 N–H and O–H groups in total. The first kappa shape index (κ1) is 15.2. The number of H-pyrrole nitrogens is 1. The second kappa shape index (κ2) is 6.62. The van der Waals surface area contributed by atoms with Crippen LogP contribution in [0.4, 0.5) is 0 Å². The molecule has 0 aliphatic rings. The van der Waals surface area contributed by atoms with Gasteiger partial charge < -0.3 is 14.3 Å². The van der Waals surface area contributed by atoms with Crippen LogP contribution in [0, 0.1) is 0 Å². The minimum absolute atomic E-state index is 0.229. The van der Waals surface area contributed by atoms with Crippen molar-refractivity contribution in [2.24, 2.45) is 0 Å². The Balaban J connectivity index is 1.52. The van der Waals surface area contributed by atoms with Crippen molar-refractivity contribution in [3.8, 4) is 33.9 Å². The van der Waals surface area contributed by atoms with Crippen molar-refractivity contribution in [1.29, 1.82) is 0 Å². The minimum Gasteiger partial charge on any atom is -0.472 e. The van der Waals surface area contributed by atoms with E-state index in [0.717, 1.165) is 22.3 Å². The highest BCUT2D eigenvalue weighted by Gasteiger charge is 2.08. The van der Waals surface area contributed by atoms with Crippen LogP contribution in [-0.2, 0) is 6.61 Å². The van der Waals surface area contributed by atoms with E-state index < -0.39 is 0 Å².